The molecule has 1 N–H and O–H groups in total. The fraction of sp³-hybridized carbons (Fsp3) is 0.357. The van der Waals surface area contributed by atoms with E-state index in [4.69, 9.17) is 4.74 Å². The van der Waals surface area contributed by atoms with Gasteiger partial charge in [0.1, 0.15) is 6.33 Å². The van der Waals surface area contributed by atoms with Crippen LogP contribution in [0.1, 0.15) is 24.7 Å². The summed E-state index contributed by atoms with van der Waals surface area (Å²) in [5.74, 6) is 1.44. The molecule has 2 rings (SSSR count). The predicted molar refractivity (Wildman–Crippen MR) is 74.4 cm³/mol. The molecular weight excluding hydrogens is 240 g/mol. The second-order valence-corrected chi connectivity index (χ2v) is 4.13. The van der Waals surface area contributed by atoms with Crippen LogP contribution in [0.5, 0.6) is 5.75 Å². The Labute approximate surface area is 113 Å². The first kappa shape index (κ1) is 13.3. The van der Waals surface area contributed by atoms with Crippen molar-refractivity contribution < 1.29 is 4.74 Å². The summed E-state index contributed by atoms with van der Waals surface area (Å²) in [7, 11) is 1.64. The van der Waals surface area contributed by atoms with E-state index in [2.05, 4.69) is 27.2 Å². The first-order valence-electron chi connectivity index (χ1n) is 6.36. The molecule has 0 aliphatic carbocycles. The Hall–Kier alpha value is -2.17. The molecule has 0 amide bonds. The Morgan fingerprint density at radius 2 is 2.11 bits per heavy atom. The van der Waals surface area contributed by atoms with Crippen molar-refractivity contribution in [2.45, 2.75) is 19.8 Å². The minimum atomic E-state index is 0.632. The second kappa shape index (κ2) is 6.68. The molecule has 2 heterocycles. The number of hydrogen-bond acceptors (Lipinski definition) is 5. The summed E-state index contributed by atoms with van der Waals surface area (Å²) in [5, 5.41) is 3.24. The van der Waals surface area contributed by atoms with Crippen molar-refractivity contribution in [2.24, 2.45) is 0 Å². The second-order valence-electron chi connectivity index (χ2n) is 4.13. The van der Waals surface area contributed by atoms with E-state index in [0.29, 0.717) is 12.2 Å². The molecule has 19 heavy (non-hydrogen) atoms. The minimum Gasteiger partial charge on any atom is -0.491 e. The van der Waals surface area contributed by atoms with E-state index < -0.39 is 0 Å². The van der Waals surface area contributed by atoms with Crippen LogP contribution in [0.25, 0.3) is 0 Å². The standard InChI is InChI=1S/C14H18N4O/c1-3-7-16-14-13(19-2)12(17-10-18-14)9-11-6-4-5-8-15-11/h4-6,8,10H,3,7,9H2,1-2H3,(H,16,17,18). The van der Waals surface area contributed by atoms with E-state index in [1.165, 1.54) is 0 Å². The molecule has 0 fully saturated rings. The highest BCUT2D eigenvalue weighted by molar-refractivity contribution is 5.52. The average Bonchev–Trinajstić information content (AvgIpc) is 2.46. The summed E-state index contributed by atoms with van der Waals surface area (Å²) >= 11 is 0. The lowest BCUT2D eigenvalue weighted by Gasteiger charge is -2.12. The smallest absolute Gasteiger partial charge is 0.183 e. The van der Waals surface area contributed by atoms with Crippen LogP contribution in [0.4, 0.5) is 5.82 Å². The summed E-state index contributed by atoms with van der Waals surface area (Å²) in [6.45, 7) is 2.96. The Morgan fingerprint density at radius 3 is 2.79 bits per heavy atom. The molecule has 5 nitrogen and oxygen atoms in total. The predicted octanol–water partition coefficient (Wildman–Crippen LogP) is 2.29. The SMILES string of the molecule is CCCNc1ncnc(Cc2ccccn2)c1OC. The number of aromatic nitrogens is 3. The fourth-order valence-electron chi connectivity index (χ4n) is 1.79. The number of anilines is 1. The first-order chi connectivity index (χ1) is 9.35. The normalized spacial score (nSPS) is 10.2. The van der Waals surface area contributed by atoms with E-state index >= 15 is 0 Å². The highest BCUT2D eigenvalue weighted by Gasteiger charge is 2.12. The molecular formula is C14H18N4O. The number of ether oxygens (including phenoxy) is 1. The van der Waals surface area contributed by atoms with E-state index in [0.717, 1.165) is 30.2 Å². The van der Waals surface area contributed by atoms with Crippen molar-refractivity contribution >= 4 is 5.82 Å². The lowest BCUT2D eigenvalue weighted by Crippen LogP contribution is -2.07. The molecule has 0 aliphatic rings. The van der Waals surface area contributed by atoms with Gasteiger partial charge in [0.2, 0.25) is 0 Å². The van der Waals surface area contributed by atoms with Crippen molar-refractivity contribution in [1.29, 1.82) is 0 Å². The van der Waals surface area contributed by atoms with Crippen LogP contribution >= 0.6 is 0 Å². The third kappa shape index (κ3) is 3.40. The highest BCUT2D eigenvalue weighted by atomic mass is 16.5. The number of hydrogen-bond donors (Lipinski definition) is 1. The van der Waals surface area contributed by atoms with Gasteiger partial charge in [-0.1, -0.05) is 13.0 Å². The Balaban J connectivity index is 2.24. The Kier molecular flexibility index (Phi) is 4.66. The molecule has 2 aromatic rings. The molecule has 0 atom stereocenters. The van der Waals surface area contributed by atoms with Crippen LogP contribution in [0.3, 0.4) is 0 Å². The number of rotatable bonds is 6. The van der Waals surface area contributed by atoms with Crippen LogP contribution < -0.4 is 10.1 Å². The van der Waals surface area contributed by atoms with Gasteiger partial charge in [0.15, 0.2) is 11.6 Å². The van der Waals surface area contributed by atoms with Gasteiger partial charge in [-0.25, -0.2) is 9.97 Å². The maximum Gasteiger partial charge on any atom is 0.183 e. The van der Waals surface area contributed by atoms with Crippen LogP contribution in [-0.4, -0.2) is 28.6 Å². The molecule has 0 aliphatic heterocycles. The maximum atomic E-state index is 5.43. The monoisotopic (exact) mass is 258 g/mol. The molecule has 0 radical (unpaired) electrons. The van der Waals surface area contributed by atoms with E-state index in [-0.39, 0.29) is 0 Å². The zero-order valence-corrected chi connectivity index (χ0v) is 11.3. The van der Waals surface area contributed by atoms with Crippen molar-refractivity contribution in [3.05, 3.63) is 42.1 Å². The van der Waals surface area contributed by atoms with Gasteiger partial charge in [-0.3, -0.25) is 4.98 Å². The van der Waals surface area contributed by atoms with E-state index in [9.17, 15) is 0 Å². The summed E-state index contributed by atoms with van der Waals surface area (Å²) in [5.41, 5.74) is 1.80. The molecule has 0 spiro atoms. The number of nitrogens with zero attached hydrogens (tertiary/aromatic N) is 3. The Morgan fingerprint density at radius 1 is 1.21 bits per heavy atom. The lowest BCUT2D eigenvalue weighted by atomic mass is 10.2. The number of pyridine rings is 1. The van der Waals surface area contributed by atoms with Gasteiger partial charge in [-0.2, -0.15) is 0 Å². The van der Waals surface area contributed by atoms with Crippen LogP contribution in [0.2, 0.25) is 0 Å². The molecule has 100 valence electrons. The van der Waals surface area contributed by atoms with E-state index in [1.807, 2.05) is 18.2 Å². The average molecular weight is 258 g/mol. The van der Waals surface area contributed by atoms with Crippen molar-refractivity contribution in [1.82, 2.24) is 15.0 Å². The largest absolute Gasteiger partial charge is 0.491 e. The summed E-state index contributed by atoms with van der Waals surface area (Å²) in [4.78, 5) is 12.8. The molecule has 0 saturated heterocycles. The first-order valence-corrected chi connectivity index (χ1v) is 6.36. The number of nitrogens with one attached hydrogen (secondary N) is 1. The zero-order chi connectivity index (χ0) is 13.5. The Bertz CT molecular complexity index is 516. The summed E-state index contributed by atoms with van der Waals surface area (Å²) in [6, 6.07) is 5.84. The zero-order valence-electron chi connectivity index (χ0n) is 11.3. The van der Waals surface area contributed by atoms with Crippen LogP contribution in [0.15, 0.2) is 30.7 Å². The lowest BCUT2D eigenvalue weighted by molar-refractivity contribution is 0.407. The van der Waals surface area contributed by atoms with Crippen LogP contribution in [0, 0.1) is 0 Å². The quantitative estimate of drug-likeness (QED) is 0.861. The van der Waals surface area contributed by atoms with Crippen LogP contribution in [-0.2, 0) is 6.42 Å². The van der Waals surface area contributed by atoms with Gasteiger partial charge in [0, 0.05) is 24.9 Å². The molecule has 2 aromatic heterocycles. The number of methoxy groups -OCH3 is 1. The minimum absolute atomic E-state index is 0.632. The van der Waals surface area contributed by atoms with Gasteiger partial charge in [0.05, 0.1) is 12.8 Å². The van der Waals surface area contributed by atoms with Gasteiger partial charge in [0.25, 0.3) is 0 Å². The molecule has 0 unspecified atom stereocenters. The molecule has 0 saturated carbocycles. The fourth-order valence-corrected chi connectivity index (χ4v) is 1.79. The molecule has 5 heteroatoms. The molecule has 0 bridgehead atoms. The van der Waals surface area contributed by atoms with Gasteiger partial charge < -0.3 is 10.1 Å². The summed E-state index contributed by atoms with van der Waals surface area (Å²) < 4.78 is 5.43. The van der Waals surface area contributed by atoms with E-state index in [1.54, 1.807) is 19.6 Å². The van der Waals surface area contributed by atoms with Gasteiger partial charge in [-0.15, -0.1) is 0 Å². The highest BCUT2D eigenvalue weighted by Crippen LogP contribution is 2.26. The van der Waals surface area contributed by atoms with Gasteiger partial charge >= 0.3 is 0 Å². The molecule has 0 aromatic carbocycles. The van der Waals surface area contributed by atoms with Crippen molar-refractivity contribution in [3.8, 4) is 5.75 Å². The third-order valence-electron chi connectivity index (χ3n) is 2.70. The summed E-state index contributed by atoms with van der Waals surface area (Å²) in [6.07, 6.45) is 4.99. The van der Waals surface area contributed by atoms with Gasteiger partial charge in [-0.05, 0) is 18.6 Å². The topological polar surface area (TPSA) is 59.9 Å². The van der Waals surface area contributed by atoms with Crippen molar-refractivity contribution in [2.75, 3.05) is 19.0 Å². The maximum absolute atomic E-state index is 5.43. The third-order valence-corrected chi connectivity index (χ3v) is 2.70. The van der Waals surface area contributed by atoms with Crippen molar-refractivity contribution in [3.63, 3.8) is 0 Å².